The van der Waals surface area contributed by atoms with E-state index in [0.29, 0.717) is 6.42 Å². The number of aliphatic hydroxyl groups excluding tert-OH is 1. The molecule has 0 saturated carbocycles. The Morgan fingerprint density at radius 3 is 2.89 bits per heavy atom. The summed E-state index contributed by atoms with van der Waals surface area (Å²) >= 11 is 1.47. The topological polar surface area (TPSA) is 46.0 Å². The van der Waals surface area contributed by atoms with Crippen LogP contribution in [-0.2, 0) is 6.42 Å². The van der Waals surface area contributed by atoms with Crippen molar-refractivity contribution < 1.29 is 5.11 Å². The summed E-state index contributed by atoms with van der Waals surface area (Å²) in [6.07, 6.45) is 1.63. The molecular weight excluding hydrogens is 244 g/mol. The first-order valence-electron chi connectivity index (χ1n) is 5.75. The highest BCUT2D eigenvalue weighted by Crippen LogP contribution is 2.20. The normalized spacial score (nSPS) is 12.7. The molecule has 3 rings (SSSR count). The van der Waals surface area contributed by atoms with Crippen molar-refractivity contribution in [2.24, 2.45) is 0 Å². The van der Waals surface area contributed by atoms with Gasteiger partial charge >= 0.3 is 0 Å². The zero-order valence-corrected chi connectivity index (χ0v) is 10.5. The summed E-state index contributed by atoms with van der Waals surface area (Å²) < 4.78 is 0. The van der Waals surface area contributed by atoms with Crippen LogP contribution in [0.5, 0.6) is 0 Å². The third-order valence-corrected chi connectivity index (χ3v) is 3.67. The maximum absolute atomic E-state index is 10.0. The molecule has 2 aromatic heterocycles. The van der Waals surface area contributed by atoms with E-state index in [1.54, 1.807) is 6.20 Å². The van der Waals surface area contributed by atoms with Crippen LogP contribution >= 0.6 is 11.3 Å². The molecule has 0 fully saturated rings. The number of hydrogen-bond acceptors (Lipinski definition) is 4. The number of fused-ring (bicyclic) bond motifs is 1. The molecule has 1 aromatic carbocycles. The maximum Gasteiger partial charge on any atom is 0.122 e. The van der Waals surface area contributed by atoms with Crippen LogP contribution in [-0.4, -0.2) is 15.1 Å². The fourth-order valence-corrected chi connectivity index (χ4v) is 2.53. The molecule has 0 spiro atoms. The highest BCUT2D eigenvalue weighted by atomic mass is 32.1. The van der Waals surface area contributed by atoms with Crippen molar-refractivity contribution in [3.8, 4) is 0 Å². The number of aliphatic hydroxyl groups is 1. The van der Waals surface area contributed by atoms with Gasteiger partial charge in [-0.25, -0.2) is 4.98 Å². The molecule has 1 atom stereocenters. The standard InChI is InChI=1S/C14H12N2OS/c17-13(14-15-7-8-18-14)9-11-6-5-10-3-1-2-4-12(10)16-11/h1-8,13,17H,9H2. The van der Waals surface area contributed by atoms with Crippen LogP contribution in [0, 0.1) is 0 Å². The van der Waals surface area contributed by atoms with Gasteiger partial charge in [0.15, 0.2) is 0 Å². The van der Waals surface area contributed by atoms with Gasteiger partial charge < -0.3 is 5.11 Å². The molecule has 2 heterocycles. The second kappa shape index (κ2) is 4.84. The molecular formula is C14H12N2OS. The molecule has 0 aliphatic rings. The monoisotopic (exact) mass is 256 g/mol. The van der Waals surface area contributed by atoms with Crippen LogP contribution < -0.4 is 0 Å². The van der Waals surface area contributed by atoms with E-state index in [4.69, 9.17) is 0 Å². The molecule has 1 unspecified atom stereocenters. The second-order valence-corrected chi connectivity index (χ2v) is 5.01. The molecule has 0 radical (unpaired) electrons. The van der Waals surface area contributed by atoms with Crippen LogP contribution in [0.1, 0.15) is 16.8 Å². The largest absolute Gasteiger partial charge is 0.386 e. The lowest BCUT2D eigenvalue weighted by atomic mass is 10.1. The quantitative estimate of drug-likeness (QED) is 0.783. The molecule has 0 amide bonds. The van der Waals surface area contributed by atoms with E-state index >= 15 is 0 Å². The van der Waals surface area contributed by atoms with E-state index in [1.807, 2.05) is 41.8 Å². The number of para-hydroxylation sites is 1. The SMILES string of the molecule is OC(Cc1ccc2ccccc2n1)c1nccs1. The third-order valence-electron chi connectivity index (χ3n) is 2.80. The van der Waals surface area contributed by atoms with Crippen LogP contribution in [0.4, 0.5) is 0 Å². The summed E-state index contributed by atoms with van der Waals surface area (Å²) in [6.45, 7) is 0. The molecule has 0 bridgehead atoms. The molecule has 18 heavy (non-hydrogen) atoms. The van der Waals surface area contributed by atoms with Crippen molar-refractivity contribution in [3.63, 3.8) is 0 Å². The Hall–Kier alpha value is -1.78. The van der Waals surface area contributed by atoms with Crippen molar-refractivity contribution in [2.75, 3.05) is 0 Å². The predicted molar refractivity (Wildman–Crippen MR) is 72.5 cm³/mol. The van der Waals surface area contributed by atoms with E-state index in [2.05, 4.69) is 9.97 Å². The number of thiazole rings is 1. The fraction of sp³-hybridized carbons (Fsp3) is 0.143. The van der Waals surface area contributed by atoms with Crippen LogP contribution in [0.15, 0.2) is 48.0 Å². The summed E-state index contributed by atoms with van der Waals surface area (Å²) in [6, 6.07) is 12.0. The minimum atomic E-state index is -0.571. The molecule has 0 aliphatic carbocycles. The number of nitrogens with zero attached hydrogens (tertiary/aromatic N) is 2. The van der Waals surface area contributed by atoms with Crippen molar-refractivity contribution in [1.29, 1.82) is 0 Å². The number of pyridine rings is 1. The van der Waals surface area contributed by atoms with Crippen LogP contribution in [0.2, 0.25) is 0 Å². The van der Waals surface area contributed by atoms with Gasteiger partial charge in [-0.05, 0) is 12.1 Å². The highest BCUT2D eigenvalue weighted by Gasteiger charge is 2.12. The van der Waals surface area contributed by atoms with Gasteiger partial charge in [0.25, 0.3) is 0 Å². The first kappa shape index (κ1) is 11.3. The second-order valence-electron chi connectivity index (χ2n) is 4.09. The summed E-state index contributed by atoms with van der Waals surface area (Å²) in [7, 11) is 0. The number of hydrogen-bond donors (Lipinski definition) is 1. The molecule has 90 valence electrons. The van der Waals surface area contributed by atoms with Gasteiger partial charge in [-0.3, -0.25) is 4.98 Å². The first-order valence-corrected chi connectivity index (χ1v) is 6.63. The van der Waals surface area contributed by atoms with E-state index < -0.39 is 6.10 Å². The van der Waals surface area contributed by atoms with Crippen molar-refractivity contribution in [1.82, 2.24) is 9.97 Å². The average molecular weight is 256 g/mol. The van der Waals surface area contributed by atoms with Gasteiger partial charge in [-0.2, -0.15) is 0 Å². The van der Waals surface area contributed by atoms with Crippen molar-refractivity contribution in [2.45, 2.75) is 12.5 Å². The third kappa shape index (κ3) is 2.25. The molecule has 4 heteroatoms. The Bertz CT molecular complexity index is 652. The highest BCUT2D eigenvalue weighted by molar-refractivity contribution is 7.09. The Morgan fingerprint density at radius 2 is 2.06 bits per heavy atom. The van der Waals surface area contributed by atoms with Crippen LogP contribution in [0.3, 0.4) is 0 Å². The Labute approximate surface area is 109 Å². The summed E-state index contributed by atoms with van der Waals surface area (Å²) in [4.78, 5) is 8.66. The van der Waals surface area contributed by atoms with E-state index in [9.17, 15) is 5.11 Å². The summed E-state index contributed by atoms with van der Waals surface area (Å²) in [5.74, 6) is 0. The Balaban J connectivity index is 1.86. The molecule has 3 nitrogen and oxygen atoms in total. The lowest BCUT2D eigenvalue weighted by Gasteiger charge is -2.07. The predicted octanol–water partition coefficient (Wildman–Crippen LogP) is 2.97. The lowest BCUT2D eigenvalue weighted by Crippen LogP contribution is -2.02. The van der Waals surface area contributed by atoms with Gasteiger partial charge in [0, 0.05) is 29.1 Å². The zero-order chi connectivity index (χ0) is 12.4. The van der Waals surface area contributed by atoms with E-state index in [0.717, 1.165) is 21.6 Å². The molecule has 1 N–H and O–H groups in total. The van der Waals surface area contributed by atoms with Gasteiger partial charge in [0.2, 0.25) is 0 Å². The fourth-order valence-electron chi connectivity index (χ4n) is 1.91. The van der Waals surface area contributed by atoms with Gasteiger partial charge in [0.05, 0.1) is 5.52 Å². The molecule has 0 aliphatic heterocycles. The minimum Gasteiger partial charge on any atom is -0.386 e. The van der Waals surface area contributed by atoms with Gasteiger partial charge in [-0.1, -0.05) is 24.3 Å². The summed E-state index contributed by atoms with van der Waals surface area (Å²) in [5, 5.41) is 13.8. The number of rotatable bonds is 3. The minimum absolute atomic E-state index is 0.498. The lowest BCUT2D eigenvalue weighted by molar-refractivity contribution is 0.177. The van der Waals surface area contributed by atoms with Crippen molar-refractivity contribution in [3.05, 3.63) is 58.7 Å². The van der Waals surface area contributed by atoms with Gasteiger partial charge in [-0.15, -0.1) is 11.3 Å². The smallest absolute Gasteiger partial charge is 0.122 e. The maximum atomic E-state index is 10.0. The number of aromatic nitrogens is 2. The summed E-state index contributed by atoms with van der Waals surface area (Å²) in [5.41, 5.74) is 1.85. The van der Waals surface area contributed by atoms with Gasteiger partial charge in [0.1, 0.15) is 11.1 Å². The van der Waals surface area contributed by atoms with Crippen LogP contribution in [0.25, 0.3) is 10.9 Å². The molecule has 3 aromatic rings. The Morgan fingerprint density at radius 1 is 1.17 bits per heavy atom. The van der Waals surface area contributed by atoms with E-state index in [1.165, 1.54) is 11.3 Å². The zero-order valence-electron chi connectivity index (χ0n) is 9.65. The average Bonchev–Trinajstić information content (AvgIpc) is 2.92. The number of benzene rings is 1. The molecule has 0 saturated heterocycles. The first-order chi connectivity index (χ1) is 8.83. The van der Waals surface area contributed by atoms with Crippen molar-refractivity contribution >= 4 is 22.2 Å². The Kier molecular flexibility index (Phi) is 3.04. The van der Waals surface area contributed by atoms with E-state index in [-0.39, 0.29) is 0 Å².